The molecule has 2 fully saturated rings. The normalized spacial score (nSPS) is 27.4. The van der Waals surface area contributed by atoms with Crippen molar-refractivity contribution in [1.82, 2.24) is 4.90 Å². The average Bonchev–Trinajstić information content (AvgIpc) is 2.93. The summed E-state index contributed by atoms with van der Waals surface area (Å²) in [5.41, 5.74) is 0.421. The zero-order valence-electron chi connectivity index (χ0n) is 13.2. The highest BCUT2D eigenvalue weighted by Crippen LogP contribution is 2.43. The first kappa shape index (κ1) is 16.0. The van der Waals surface area contributed by atoms with E-state index in [-0.39, 0.29) is 5.92 Å². The van der Waals surface area contributed by atoms with E-state index in [0.717, 1.165) is 17.9 Å². The average molecular weight is 317 g/mol. The Labute approximate surface area is 136 Å². The Hall–Kier alpha value is -1.85. The van der Waals surface area contributed by atoms with Crippen LogP contribution in [-0.4, -0.2) is 48.9 Å². The second kappa shape index (κ2) is 6.72. The summed E-state index contributed by atoms with van der Waals surface area (Å²) in [6.45, 7) is 7.23. The minimum atomic E-state index is -0.690. The van der Waals surface area contributed by atoms with E-state index in [9.17, 15) is 9.90 Å². The molecule has 1 N–H and O–H groups in total. The third-order valence-corrected chi connectivity index (χ3v) is 4.93. The number of hydrogen-bond donors (Lipinski definition) is 1. The number of carboxylic acids is 1. The molecule has 5 heteroatoms. The molecule has 124 valence electrons. The number of carboxylic acid groups (broad SMARTS) is 1. The van der Waals surface area contributed by atoms with E-state index in [1.54, 1.807) is 6.08 Å². The molecule has 0 amide bonds. The van der Waals surface area contributed by atoms with Crippen LogP contribution < -0.4 is 4.74 Å². The molecule has 1 aromatic rings. The summed E-state index contributed by atoms with van der Waals surface area (Å²) in [4.78, 5) is 14.1. The summed E-state index contributed by atoms with van der Waals surface area (Å²) in [6.07, 6.45) is 2.32. The Bertz CT molecular complexity index is 588. The van der Waals surface area contributed by atoms with Gasteiger partial charge in [-0.25, -0.2) is 0 Å². The maximum atomic E-state index is 11.8. The van der Waals surface area contributed by atoms with Crippen LogP contribution in [-0.2, 0) is 16.1 Å². The Morgan fingerprint density at radius 1 is 1.52 bits per heavy atom. The van der Waals surface area contributed by atoms with Gasteiger partial charge in [0.25, 0.3) is 0 Å². The van der Waals surface area contributed by atoms with Crippen LogP contribution in [0.2, 0.25) is 0 Å². The van der Waals surface area contributed by atoms with Crippen molar-refractivity contribution >= 4 is 5.97 Å². The van der Waals surface area contributed by atoms with Crippen LogP contribution in [0.3, 0.4) is 0 Å². The number of para-hydroxylation sites is 1. The van der Waals surface area contributed by atoms with Crippen molar-refractivity contribution in [2.45, 2.75) is 13.0 Å². The monoisotopic (exact) mass is 317 g/mol. The first-order valence-corrected chi connectivity index (χ1v) is 8.01. The minimum absolute atomic E-state index is 0.0648. The molecule has 2 saturated heterocycles. The van der Waals surface area contributed by atoms with Crippen LogP contribution in [0.15, 0.2) is 36.9 Å². The van der Waals surface area contributed by atoms with Crippen LogP contribution in [0, 0.1) is 11.3 Å². The van der Waals surface area contributed by atoms with Gasteiger partial charge in [-0.1, -0.05) is 30.9 Å². The van der Waals surface area contributed by atoms with Gasteiger partial charge in [0.1, 0.15) is 12.4 Å². The van der Waals surface area contributed by atoms with Crippen LogP contribution >= 0.6 is 0 Å². The van der Waals surface area contributed by atoms with Crippen LogP contribution in [0.4, 0.5) is 0 Å². The maximum Gasteiger partial charge on any atom is 0.311 e. The predicted octanol–water partition coefficient (Wildman–Crippen LogP) is 2.17. The highest BCUT2D eigenvalue weighted by atomic mass is 16.5. The van der Waals surface area contributed by atoms with Crippen LogP contribution in [0.25, 0.3) is 0 Å². The molecule has 0 unspecified atom stereocenters. The summed E-state index contributed by atoms with van der Waals surface area (Å²) in [5, 5.41) is 9.74. The van der Waals surface area contributed by atoms with Crippen molar-refractivity contribution in [3.8, 4) is 5.75 Å². The minimum Gasteiger partial charge on any atom is -0.489 e. The molecule has 0 aromatic heterocycles. The van der Waals surface area contributed by atoms with Crippen LogP contribution in [0.1, 0.15) is 12.0 Å². The van der Waals surface area contributed by atoms with E-state index in [1.807, 2.05) is 24.3 Å². The summed E-state index contributed by atoms with van der Waals surface area (Å²) >= 11 is 0. The van der Waals surface area contributed by atoms with Gasteiger partial charge in [0, 0.05) is 37.7 Å². The summed E-state index contributed by atoms with van der Waals surface area (Å²) in [6, 6.07) is 7.90. The molecule has 2 aliphatic rings. The molecule has 2 heterocycles. The number of rotatable bonds is 6. The lowest BCUT2D eigenvalue weighted by Gasteiger charge is -2.34. The molecule has 0 radical (unpaired) electrons. The molecule has 23 heavy (non-hydrogen) atoms. The first-order chi connectivity index (χ1) is 11.2. The Morgan fingerprint density at radius 2 is 2.35 bits per heavy atom. The number of likely N-dealkylation sites (tertiary alicyclic amines) is 1. The molecule has 5 nitrogen and oxygen atoms in total. The van der Waals surface area contributed by atoms with E-state index in [0.29, 0.717) is 39.3 Å². The van der Waals surface area contributed by atoms with E-state index >= 15 is 0 Å². The number of fused-ring (bicyclic) bond motifs is 1. The quantitative estimate of drug-likeness (QED) is 0.815. The Kier molecular flexibility index (Phi) is 4.68. The highest BCUT2D eigenvalue weighted by molar-refractivity contribution is 5.76. The fraction of sp³-hybridized carbons (Fsp3) is 0.500. The number of nitrogens with zero attached hydrogens (tertiary/aromatic N) is 1. The molecule has 0 aliphatic carbocycles. The third kappa shape index (κ3) is 3.12. The first-order valence-electron chi connectivity index (χ1n) is 8.01. The van der Waals surface area contributed by atoms with Gasteiger partial charge in [0.2, 0.25) is 0 Å². The molecule has 1 aromatic carbocycles. The second-order valence-corrected chi connectivity index (χ2v) is 6.36. The van der Waals surface area contributed by atoms with Crippen LogP contribution in [0.5, 0.6) is 5.75 Å². The third-order valence-electron chi connectivity index (χ3n) is 4.93. The van der Waals surface area contributed by atoms with Gasteiger partial charge >= 0.3 is 5.97 Å². The smallest absolute Gasteiger partial charge is 0.311 e. The predicted molar refractivity (Wildman–Crippen MR) is 86.4 cm³/mol. The molecular formula is C18H23NO4. The zero-order valence-corrected chi connectivity index (χ0v) is 13.2. The number of carbonyl (C=O) groups is 1. The maximum absolute atomic E-state index is 11.8. The van der Waals surface area contributed by atoms with Gasteiger partial charge in [0.05, 0.1) is 12.0 Å². The van der Waals surface area contributed by atoms with Gasteiger partial charge in [-0.15, -0.1) is 0 Å². The molecule has 0 spiro atoms. The molecule has 3 rings (SSSR count). The number of benzene rings is 1. The fourth-order valence-electron chi connectivity index (χ4n) is 3.69. The Balaban J connectivity index is 1.75. The standard InChI is InChI=1S/C18H23NO4/c1-2-8-23-16-6-4-3-5-14(16)10-19-11-15-12-22-9-7-18(15,13-19)17(20)21/h2-6,15H,1,7-13H2,(H,20,21)/t15-,18+/m1/s1. The van der Waals surface area contributed by atoms with Gasteiger partial charge in [-0.2, -0.15) is 0 Å². The topological polar surface area (TPSA) is 59.0 Å². The second-order valence-electron chi connectivity index (χ2n) is 6.36. The summed E-state index contributed by atoms with van der Waals surface area (Å²) < 4.78 is 11.2. The molecular weight excluding hydrogens is 294 g/mol. The lowest BCUT2D eigenvalue weighted by molar-refractivity contribution is -0.157. The molecule has 2 atom stereocenters. The number of hydrogen-bond acceptors (Lipinski definition) is 4. The molecule has 2 aliphatic heterocycles. The fourth-order valence-corrected chi connectivity index (χ4v) is 3.69. The number of ether oxygens (including phenoxy) is 2. The van der Waals surface area contributed by atoms with E-state index in [2.05, 4.69) is 11.5 Å². The van der Waals surface area contributed by atoms with E-state index in [1.165, 1.54) is 0 Å². The lowest BCUT2D eigenvalue weighted by Crippen LogP contribution is -2.44. The van der Waals surface area contributed by atoms with Gasteiger partial charge in [-0.3, -0.25) is 9.69 Å². The SMILES string of the molecule is C=CCOc1ccccc1CN1C[C@@H]2COCC[C@]2(C(=O)O)C1. The van der Waals surface area contributed by atoms with E-state index in [4.69, 9.17) is 9.47 Å². The van der Waals surface area contributed by atoms with Crippen molar-refractivity contribution < 1.29 is 19.4 Å². The summed E-state index contributed by atoms with van der Waals surface area (Å²) in [5.74, 6) is 0.211. The number of aliphatic carboxylic acids is 1. The summed E-state index contributed by atoms with van der Waals surface area (Å²) in [7, 11) is 0. The van der Waals surface area contributed by atoms with Gasteiger partial charge in [0.15, 0.2) is 0 Å². The van der Waals surface area contributed by atoms with Gasteiger partial charge < -0.3 is 14.6 Å². The van der Waals surface area contributed by atoms with Crippen molar-refractivity contribution in [3.05, 3.63) is 42.5 Å². The largest absolute Gasteiger partial charge is 0.489 e. The highest BCUT2D eigenvalue weighted by Gasteiger charge is 2.53. The zero-order chi connectivity index (χ0) is 16.3. The van der Waals surface area contributed by atoms with Crippen molar-refractivity contribution in [3.63, 3.8) is 0 Å². The van der Waals surface area contributed by atoms with Crippen molar-refractivity contribution in [1.29, 1.82) is 0 Å². The van der Waals surface area contributed by atoms with E-state index < -0.39 is 11.4 Å². The van der Waals surface area contributed by atoms with Crippen molar-refractivity contribution in [2.24, 2.45) is 11.3 Å². The molecule has 0 bridgehead atoms. The lowest BCUT2D eigenvalue weighted by atomic mass is 9.74. The molecule has 0 saturated carbocycles. The Morgan fingerprint density at radius 3 is 3.09 bits per heavy atom. The van der Waals surface area contributed by atoms with Gasteiger partial charge in [-0.05, 0) is 12.5 Å². The van der Waals surface area contributed by atoms with Crippen molar-refractivity contribution in [2.75, 3.05) is 32.9 Å².